The van der Waals surface area contributed by atoms with Gasteiger partial charge in [0.15, 0.2) is 17.8 Å². The summed E-state index contributed by atoms with van der Waals surface area (Å²) in [5, 5.41) is 0.662. The molecule has 4 atom stereocenters. The maximum absolute atomic E-state index is 14.6. The Morgan fingerprint density at radius 3 is 2.41 bits per heavy atom. The lowest BCUT2D eigenvalue weighted by molar-refractivity contribution is -0.190. The summed E-state index contributed by atoms with van der Waals surface area (Å²) in [6.07, 6.45) is 2.77. The molecule has 0 amide bonds. The second-order valence-electron chi connectivity index (χ2n) is 17.3. The summed E-state index contributed by atoms with van der Waals surface area (Å²) in [4.78, 5) is 42.4. The molecular weight excluding hydrogens is 737 g/mol. The summed E-state index contributed by atoms with van der Waals surface area (Å²) < 4.78 is 26.0. The predicted octanol–water partition coefficient (Wildman–Crippen LogP) is 10.3. The van der Waals surface area contributed by atoms with Crippen LogP contribution in [0.25, 0.3) is 11.0 Å². The molecule has 3 aliphatic rings. The molecule has 0 N–H and O–H groups in total. The first-order valence-electron chi connectivity index (χ1n) is 21.0. The fourth-order valence-electron chi connectivity index (χ4n) is 8.91. The number of carbonyl (C=O) groups is 2. The van der Waals surface area contributed by atoms with Crippen LogP contribution in [0.2, 0.25) is 0 Å². The lowest BCUT2D eigenvalue weighted by Crippen LogP contribution is -2.54. The molecule has 0 radical (unpaired) electrons. The Kier molecular flexibility index (Phi) is 11.4. The zero-order valence-corrected chi connectivity index (χ0v) is 34.7. The lowest BCUT2D eigenvalue weighted by Gasteiger charge is -2.44. The summed E-state index contributed by atoms with van der Waals surface area (Å²) in [6, 6.07) is 31.2. The Morgan fingerprint density at radius 1 is 0.814 bits per heavy atom. The van der Waals surface area contributed by atoms with Crippen LogP contribution < -0.4 is 10.4 Å². The van der Waals surface area contributed by atoms with Crippen LogP contribution in [0.3, 0.4) is 0 Å². The molecule has 4 heterocycles. The van der Waals surface area contributed by atoms with Crippen molar-refractivity contribution < 1.29 is 28.2 Å². The molecule has 0 unspecified atom stereocenters. The molecule has 4 aromatic carbocycles. The van der Waals surface area contributed by atoms with Gasteiger partial charge in [-0.05, 0) is 123 Å². The molecule has 0 saturated carbocycles. The summed E-state index contributed by atoms with van der Waals surface area (Å²) >= 11 is 0. The van der Waals surface area contributed by atoms with E-state index in [1.165, 1.54) is 16.7 Å². The molecule has 59 heavy (non-hydrogen) atoms. The van der Waals surface area contributed by atoms with Crippen LogP contribution in [-0.4, -0.2) is 23.6 Å². The van der Waals surface area contributed by atoms with E-state index in [1.54, 1.807) is 0 Å². The number of hydrogen-bond acceptors (Lipinski definition) is 7. The minimum Gasteiger partial charge on any atom is -0.482 e. The number of aryl methyl sites for hydroxylation is 2. The molecule has 7 nitrogen and oxygen atoms in total. The molecule has 3 aliphatic heterocycles. The molecule has 0 fully saturated rings. The Balaban J connectivity index is 1.23. The highest BCUT2D eigenvalue weighted by molar-refractivity contribution is 5.90. The van der Waals surface area contributed by atoms with Crippen molar-refractivity contribution in [1.29, 1.82) is 0 Å². The van der Waals surface area contributed by atoms with Crippen molar-refractivity contribution in [3.8, 4) is 17.6 Å². The van der Waals surface area contributed by atoms with E-state index in [-0.39, 0.29) is 30.3 Å². The number of ether oxygens (including phenoxy) is 3. The van der Waals surface area contributed by atoms with Gasteiger partial charge in [-0.3, -0.25) is 4.79 Å². The topological polar surface area (TPSA) is 92.0 Å². The largest absolute Gasteiger partial charge is 0.482 e. The van der Waals surface area contributed by atoms with Crippen LogP contribution in [0.15, 0.2) is 111 Å². The van der Waals surface area contributed by atoms with Crippen LogP contribution in [-0.2, 0) is 51.2 Å². The van der Waals surface area contributed by atoms with Crippen LogP contribution in [0.1, 0.15) is 117 Å². The van der Waals surface area contributed by atoms with Crippen molar-refractivity contribution in [1.82, 2.24) is 0 Å². The summed E-state index contributed by atoms with van der Waals surface area (Å²) in [7, 11) is 0. The van der Waals surface area contributed by atoms with Crippen molar-refractivity contribution in [2.45, 2.75) is 116 Å². The number of benzene rings is 4. The van der Waals surface area contributed by atoms with Gasteiger partial charge in [-0.1, -0.05) is 104 Å². The number of esters is 2. The van der Waals surface area contributed by atoms with Gasteiger partial charge in [-0.2, -0.15) is 0 Å². The number of carbonyl (C=O) groups excluding carboxylic acids is 2. The second-order valence-corrected chi connectivity index (χ2v) is 17.3. The molecule has 302 valence electrons. The summed E-state index contributed by atoms with van der Waals surface area (Å²) in [6.45, 7) is 9.56. The number of fused-ring (bicyclic) bond motifs is 7. The molecule has 0 spiro atoms. The highest BCUT2D eigenvalue weighted by atomic mass is 16.6. The van der Waals surface area contributed by atoms with E-state index in [0.717, 1.165) is 41.5 Å². The van der Waals surface area contributed by atoms with Crippen molar-refractivity contribution >= 4 is 22.9 Å². The van der Waals surface area contributed by atoms with E-state index in [2.05, 4.69) is 78.6 Å². The van der Waals surface area contributed by atoms with Gasteiger partial charge in [0.1, 0.15) is 11.3 Å². The molecule has 5 bridgehead atoms. The Hall–Kier alpha value is -5.87. The predicted molar refractivity (Wildman–Crippen MR) is 229 cm³/mol. The van der Waals surface area contributed by atoms with E-state index in [9.17, 15) is 14.4 Å². The molecule has 0 aliphatic carbocycles. The van der Waals surface area contributed by atoms with Crippen molar-refractivity contribution in [2.24, 2.45) is 5.92 Å². The fraction of sp³-hybridized carbons (Fsp3) is 0.365. The van der Waals surface area contributed by atoms with E-state index < -0.39 is 35.4 Å². The fourth-order valence-corrected chi connectivity index (χ4v) is 8.91. The smallest absolute Gasteiger partial charge is 0.339 e. The molecule has 8 rings (SSSR count). The average molecular weight is 789 g/mol. The first kappa shape index (κ1) is 39.9. The molecule has 1 aromatic heterocycles. The average Bonchev–Trinajstić information content (AvgIpc) is 3.20. The Morgan fingerprint density at radius 2 is 1.61 bits per heavy atom. The van der Waals surface area contributed by atoms with E-state index in [1.807, 2.05) is 58.9 Å². The number of hydrogen-bond donors (Lipinski definition) is 0. The number of rotatable bonds is 6. The summed E-state index contributed by atoms with van der Waals surface area (Å²) in [5.41, 5.74) is 8.00. The molecule has 0 saturated heterocycles. The van der Waals surface area contributed by atoms with Crippen LogP contribution in [0.4, 0.5) is 0 Å². The third-order valence-electron chi connectivity index (χ3n) is 12.2. The normalized spacial score (nSPS) is 21.7. The summed E-state index contributed by atoms with van der Waals surface area (Å²) in [5.74, 6) is 6.12. The minimum absolute atomic E-state index is 0.0696. The van der Waals surface area contributed by atoms with Gasteiger partial charge in [0.05, 0.1) is 12.0 Å². The third kappa shape index (κ3) is 8.64. The minimum atomic E-state index is -1.22. The number of allylic oxidation sites excluding steroid dienone is 1. The van der Waals surface area contributed by atoms with E-state index in [4.69, 9.17) is 18.6 Å². The van der Waals surface area contributed by atoms with Crippen molar-refractivity contribution in [3.05, 3.63) is 157 Å². The molecule has 7 heteroatoms. The monoisotopic (exact) mass is 788 g/mol. The highest BCUT2D eigenvalue weighted by Gasteiger charge is 2.53. The van der Waals surface area contributed by atoms with Crippen molar-refractivity contribution in [2.75, 3.05) is 0 Å². The molecule has 5 aromatic rings. The highest BCUT2D eigenvalue weighted by Crippen LogP contribution is 2.48. The Labute approximate surface area is 346 Å². The zero-order valence-electron chi connectivity index (χ0n) is 34.7. The third-order valence-corrected chi connectivity index (χ3v) is 12.2. The first-order chi connectivity index (χ1) is 28.4. The van der Waals surface area contributed by atoms with Crippen LogP contribution in [0.5, 0.6) is 5.75 Å². The van der Waals surface area contributed by atoms with Gasteiger partial charge in [0.25, 0.3) is 0 Å². The standard InChI is InChI=1S/C52H52O7/c1-32(2)42-23-20-36-19-21-40-29-38(18-17-35-14-11-15-37(27-35)26-34-12-7-6-8-13-34)30-45(53)56-48-46-44(24-22-41-31-43(33(3)4)51(55)57-47(41)46)59-52(5,49(48)58-50(42)54)25-10-9-16-39(40)28-36/h6-8,11-15,19,21-22,24,27-28,31,33,38,48-49H,16-18,20,23,25-26,29-30H2,1-5H3/t38-,48-,49+,52-/m1/s1. The SMILES string of the molecule is CC(C)=C1CCc2ccc3c(c2)CC#CC[C@@]2(C)Oc4ccc5cc(C(C)C)c(=O)oc5c4[C@@H](OC(=O)C[C@H](CCc4cccc(Cc5ccccc5)c4)C3)[C@@H]2OC1=O. The lowest BCUT2D eigenvalue weighted by atomic mass is 9.83. The quantitative estimate of drug-likeness (QED) is 0.0732. The van der Waals surface area contributed by atoms with Crippen LogP contribution in [0, 0.1) is 17.8 Å². The van der Waals surface area contributed by atoms with Gasteiger partial charge < -0.3 is 18.6 Å². The maximum Gasteiger partial charge on any atom is 0.339 e. The maximum atomic E-state index is 14.6. The van der Waals surface area contributed by atoms with Crippen molar-refractivity contribution in [3.63, 3.8) is 0 Å². The van der Waals surface area contributed by atoms with Gasteiger partial charge in [0, 0.05) is 29.4 Å². The van der Waals surface area contributed by atoms with E-state index >= 15 is 0 Å². The van der Waals surface area contributed by atoms with Gasteiger partial charge in [0.2, 0.25) is 0 Å². The van der Waals surface area contributed by atoms with Gasteiger partial charge in [-0.25, -0.2) is 9.59 Å². The first-order valence-corrected chi connectivity index (χ1v) is 21.0. The molecular formula is C52H52O7. The van der Waals surface area contributed by atoms with Crippen LogP contribution >= 0.6 is 0 Å². The van der Waals surface area contributed by atoms with Gasteiger partial charge >= 0.3 is 17.6 Å². The van der Waals surface area contributed by atoms with E-state index in [0.29, 0.717) is 53.5 Å². The zero-order chi connectivity index (χ0) is 41.3. The second kappa shape index (κ2) is 16.8. The Bertz CT molecular complexity index is 2560. The van der Waals surface area contributed by atoms with Gasteiger partial charge in [-0.15, -0.1) is 0 Å².